The minimum atomic E-state index is -2.75. The van der Waals surface area contributed by atoms with E-state index in [-0.39, 0.29) is 24.4 Å². The Morgan fingerprint density at radius 3 is 2.56 bits per heavy atom. The molecular formula is C11H15F2NO2. The van der Waals surface area contributed by atoms with Crippen molar-refractivity contribution in [1.82, 2.24) is 4.90 Å². The van der Waals surface area contributed by atoms with E-state index in [1.807, 2.05) is 6.92 Å². The van der Waals surface area contributed by atoms with Crippen LogP contribution in [0.5, 0.6) is 0 Å². The molecule has 0 aromatic rings. The van der Waals surface area contributed by atoms with Crippen LogP contribution in [-0.2, 0) is 9.53 Å². The normalized spacial score (nSPS) is 24.2. The number of nitrogens with zero attached hydrogens (tertiary/aromatic N) is 1. The van der Waals surface area contributed by atoms with Crippen molar-refractivity contribution in [1.29, 1.82) is 0 Å². The molecular weight excluding hydrogens is 216 g/mol. The fraction of sp³-hybridized carbons (Fsp3) is 0.727. The molecule has 5 heteroatoms. The second-order valence-corrected chi connectivity index (χ2v) is 4.89. The van der Waals surface area contributed by atoms with Crippen LogP contribution in [-0.4, -0.2) is 36.6 Å². The van der Waals surface area contributed by atoms with Gasteiger partial charge in [-0.05, 0) is 12.8 Å². The molecule has 0 aromatic heterocycles. The van der Waals surface area contributed by atoms with E-state index in [0.717, 1.165) is 5.57 Å². The maximum atomic E-state index is 11.9. The van der Waals surface area contributed by atoms with Gasteiger partial charge in [0.15, 0.2) is 0 Å². The summed E-state index contributed by atoms with van der Waals surface area (Å²) in [5, 5.41) is 0. The molecule has 2 rings (SSSR count). The third-order valence-corrected chi connectivity index (χ3v) is 3.23. The van der Waals surface area contributed by atoms with Crippen LogP contribution in [0.2, 0.25) is 0 Å². The highest BCUT2D eigenvalue weighted by Crippen LogP contribution is 2.45. The van der Waals surface area contributed by atoms with Crippen molar-refractivity contribution >= 4 is 5.91 Å². The lowest BCUT2D eigenvalue weighted by atomic mass is 9.66. The summed E-state index contributed by atoms with van der Waals surface area (Å²) in [6, 6.07) is 0. The minimum Gasteiger partial charge on any atom is -0.337 e. The second-order valence-electron chi connectivity index (χ2n) is 4.89. The zero-order valence-electron chi connectivity index (χ0n) is 9.21. The van der Waals surface area contributed by atoms with Gasteiger partial charge >= 0.3 is 6.61 Å². The number of amides is 1. The molecule has 0 radical (unpaired) electrons. The van der Waals surface area contributed by atoms with Crippen LogP contribution in [0.3, 0.4) is 0 Å². The van der Waals surface area contributed by atoms with Gasteiger partial charge in [-0.25, -0.2) is 0 Å². The molecule has 0 N–H and O–H groups in total. The molecule has 0 bridgehead atoms. The summed E-state index contributed by atoms with van der Waals surface area (Å²) in [6.45, 7) is 3.51. The first-order valence-electron chi connectivity index (χ1n) is 5.30. The summed E-state index contributed by atoms with van der Waals surface area (Å²) in [6.07, 6.45) is 0.918. The molecule has 90 valence electrons. The number of alkyl halides is 2. The first-order valence-corrected chi connectivity index (χ1v) is 5.30. The molecule has 1 aliphatic carbocycles. The Morgan fingerprint density at radius 2 is 2.12 bits per heavy atom. The number of carbonyl (C=O) groups is 1. The van der Waals surface area contributed by atoms with Crippen LogP contribution in [0.15, 0.2) is 12.2 Å². The summed E-state index contributed by atoms with van der Waals surface area (Å²) in [7, 11) is 0. The average Bonchev–Trinajstić information content (AvgIpc) is 2.06. The molecule has 0 aromatic carbocycles. The van der Waals surface area contributed by atoms with Crippen LogP contribution in [0.4, 0.5) is 8.78 Å². The fourth-order valence-corrected chi connectivity index (χ4v) is 2.42. The van der Waals surface area contributed by atoms with Crippen LogP contribution < -0.4 is 0 Å². The lowest BCUT2D eigenvalue weighted by molar-refractivity contribution is -0.202. The van der Waals surface area contributed by atoms with Gasteiger partial charge in [0.05, 0.1) is 11.5 Å². The summed E-state index contributed by atoms with van der Waals surface area (Å²) >= 11 is 0. The largest absolute Gasteiger partial charge is 0.345 e. The van der Waals surface area contributed by atoms with Crippen molar-refractivity contribution in [3.05, 3.63) is 12.2 Å². The predicted octanol–water partition coefficient (Wildman–Crippen LogP) is 1.79. The van der Waals surface area contributed by atoms with Gasteiger partial charge in [0.1, 0.15) is 0 Å². The molecule has 3 nitrogen and oxygen atoms in total. The molecule has 1 saturated heterocycles. The number of likely N-dealkylation sites (tertiary alicyclic amines) is 1. The number of hydrogen-bond acceptors (Lipinski definition) is 2. The van der Waals surface area contributed by atoms with Gasteiger partial charge in [0, 0.05) is 13.1 Å². The number of allylic oxidation sites excluding steroid dienone is 1. The zero-order valence-corrected chi connectivity index (χ0v) is 9.21. The first-order chi connectivity index (χ1) is 7.40. The van der Waals surface area contributed by atoms with Gasteiger partial charge in [0.2, 0.25) is 5.91 Å². The molecule has 16 heavy (non-hydrogen) atoms. The van der Waals surface area contributed by atoms with E-state index in [1.54, 1.807) is 4.90 Å². The van der Waals surface area contributed by atoms with E-state index in [4.69, 9.17) is 0 Å². The van der Waals surface area contributed by atoms with E-state index in [9.17, 15) is 13.6 Å². The maximum absolute atomic E-state index is 11.9. The Labute approximate surface area is 93.1 Å². The Balaban J connectivity index is 1.79. The van der Waals surface area contributed by atoms with Crippen molar-refractivity contribution in [2.45, 2.75) is 32.5 Å². The highest BCUT2D eigenvalue weighted by atomic mass is 19.3. The molecule has 1 amide bonds. The Kier molecular flexibility index (Phi) is 2.74. The molecule has 1 aliphatic heterocycles. The van der Waals surface area contributed by atoms with E-state index in [2.05, 4.69) is 11.3 Å². The van der Waals surface area contributed by atoms with Crippen molar-refractivity contribution in [3.8, 4) is 0 Å². The van der Waals surface area contributed by atoms with E-state index < -0.39 is 12.7 Å². The molecule has 0 atom stereocenters. The van der Waals surface area contributed by atoms with Gasteiger partial charge in [0.25, 0.3) is 0 Å². The summed E-state index contributed by atoms with van der Waals surface area (Å²) in [5.74, 6) is 0.0361. The average molecular weight is 231 g/mol. The van der Waals surface area contributed by atoms with Crippen LogP contribution in [0.1, 0.15) is 19.8 Å². The standard InChI is InChI=1S/C11H15F2NO2/c1-7-3-11(2,4-7)9(15)14-5-8(6-14)16-10(12)13/h8,10H,1,3-6H2,2H3. The molecule has 0 unspecified atom stereocenters. The fourth-order valence-electron chi connectivity index (χ4n) is 2.42. The Bertz CT molecular complexity index is 316. The van der Waals surface area contributed by atoms with Crippen LogP contribution >= 0.6 is 0 Å². The van der Waals surface area contributed by atoms with E-state index >= 15 is 0 Å². The molecule has 1 heterocycles. The zero-order chi connectivity index (χ0) is 11.9. The second kappa shape index (κ2) is 3.80. The quantitative estimate of drug-likeness (QED) is 0.693. The molecule has 1 saturated carbocycles. The van der Waals surface area contributed by atoms with Crippen LogP contribution in [0.25, 0.3) is 0 Å². The predicted molar refractivity (Wildman–Crippen MR) is 53.9 cm³/mol. The van der Waals surface area contributed by atoms with Crippen molar-refractivity contribution < 1.29 is 18.3 Å². The van der Waals surface area contributed by atoms with Crippen molar-refractivity contribution in [2.75, 3.05) is 13.1 Å². The SMILES string of the molecule is C=C1CC(C)(C(=O)N2CC(OC(F)F)C2)C1. The van der Waals surface area contributed by atoms with Crippen LogP contribution in [0, 0.1) is 5.41 Å². The number of ether oxygens (including phenoxy) is 1. The highest BCUT2D eigenvalue weighted by molar-refractivity contribution is 5.85. The Morgan fingerprint density at radius 1 is 1.56 bits per heavy atom. The number of halogens is 2. The maximum Gasteiger partial charge on any atom is 0.345 e. The number of hydrogen-bond donors (Lipinski definition) is 0. The molecule has 0 spiro atoms. The van der Waals surface area contributed by atoms with Gasteiger partial charge < -0.3 is 9.64 Å². The van der Waals surface area contributed by atoms with E-state index in [0.29, 0.717) is 12.8 Å². The molecule has 2 fully saturated rings. The minimum absolute atomic E-state index is 0.0361. The lowest BCUT2D eigenvalue weighted by Crippen LogP contribution is -2.60. The van der Waals surface area contributed by atoms with Crippen molar-refractivity contribution in [2.24, 2.45) is 5.41 Å². The number of rotatable bonds is 3. The van der Waals surface area contributed by atoms with Gasteiger partial charge in [-0.2, -0.15) is 8.78 Å². The third kappa shape index (κ3) is 1.96. The van der Waals surface area contributed by atoms with Gasteiger partial charge in [-0.1, -0.05) is 19.1 Å². The van der Waals surface area contributed by atoms with E-state index in [1.165, 1.54) is 0 Å². The topological polar surface area (TPSA) is 29.5 Å². The van der Waals surface area contributed by atoms with Gasteiger partial charge in [-0.3, -0.25) is 4.79 Å². The lowest BCUT2D eigenvalue weighted by Gasteiger charge is -2.47. The Hall–Kier alpha value is -0.970. The first kappa shape index (κ1) is 11.5. The highest BCUT2D eigenvalue weighted by Gasteiger charge is 2.47. The van der Waals surface area contributed by atoms with Crippen molar-refractivity contribution in [3.63, 3.8) is 0 Å². The number of carbonyl (C=O) groups excluding carboxylic acids is 1. The summed E-state index contributed by atoms with van der Waals surface area (Å²) in [4.78, 5) is 13.5. The smallest absolute Gasteiger partial charge is 0.337 e. The summed E-state index contributed by atoms with van der Waals surface area (Å²) in [5.41, 5.74) is 0.726. The molecule has 2 aliphatic rings. The third-order valence-electron chi connectivity index (χ3n) is 3.23. The summed E-state index contributed by atoms with van der Waals surface area (Å²) < 4.78 is 28.0. The van der Waals surface area contributed by atoms with Gasteiger partial charge in [-0.15, -0.1) is 0 Å². The monoisotopic (exact) mass is 231 g/mol.